The molecule has 2 atom stereocenters. The molecule has 0 aromatic carbocycles. The molecule has 1 aliphatic rings. The van der Waals surface area contributed by atoms with Crippen molar-refractivity contribution in [1.29, 1.82) is 0 Å². The average molecular weight is 546 g/mol. The summed E-state index contributed by atoms with van der Waals surface area (Å²) >= 11 is 0. The van der Waals surface area contributed by atoms with E-state index in [0.29, 0.717) is 18.4 Å². The molecule has 1 aromatic rings. The number of guanidine groups is 1. The van der Waals surface area contributed by atoms with Crippen LogP contribution < -0.4 is 10.6 Å². The quantitative estimate of drug-likeness (QED) is 0.298. The molecular weight excluding hydrogens is 505 g/mol. The number of rotatable bonds is 8. The van der Waals surface area contributed by atoms with Crippen molar-refractivity contribution in [2.75, 3.05) is 39.8 Å². The Morgan fingerprint density at radius 3 is 2.74 bits per heavy atom. The van der Waals surface area contributed by atoms with Gasteiger partial charge in [0, 0.05) is 57.5 Å². The van der Waals surface area contributed by atoms with Gasteiger partial charge in [0.05, 0.1) is 6.10 Å². The van der Waals surface area contributed by atoms with Gasteiger partial charge >= 0.3 is 0 Å². The van der Waals surface area contributed by atoms with Crippen molar-refractivity contribution in [3.8, 4) is 0 Å². The van der Waals surface area contributed by atoms with Crippen molar-refractivity contribution < 1.29 is 9.53 Å². The molecule has 0 saturated carbocycles. The van der Waals surface area contributed by atoms with Gasteiger partial charge in [-0.05, 0) is 37.3 Å². The SMILES string of the molecule is CCNC(=NCC(=O)N(C)CCc1ccccn1)NCC1CCCOC1C(C)(C)C.I. The fourth-order valence-corrected chi connectivity index (χ4v) is 3.80. The summed E-state index contributed by atoms with van der Waals surface area (Å²) in [6, 6.07) is 5.83. The highest BCUT2D eigenvalue weighted by molar-refractivity contribution is 14.0. The van der Waals surface area contributed by atoms with Crippen molar-refractivity contribution in [1.82, 2.24) is 20.5 Å². The van der Waals surface area contributed by atoms with Gasteiger partial charge in [-0.1, -0.05) is 26.8 Å². The van der Waals surface area contributed by atoms with Gasteiger partial charge in [0.15, 0.2) is 5.96 Å². The number of pyridine rings is 1. The third-order valence-electron chi connectivity index (χ3n) is 5.40. The van der Waals surface area contributed by atoms with Crippen LogP contribution in [0.15, 0.2) is 29.4 Å². The van der Waals surface area contributed by atoms with Crippen LogP contribution in [0.1, 0.15) is 46.2 Å². The summed E-state index contributed by atoms with van der Waals surface area (Å²) in [5.41, 5.74) is 1.09. The molecule has 31 heavy (non-hydrogen) atoms. The van der Waals surface area contributed by atoms with Gasteiger partial charge in [0.25, 0.3) is 0 Å². The number of ether oxygens (including phenoxy) is 1. The van der Waals surface area contributed by atoms with E-state index in [0.717, 1.165) is 44.7 Å². The summed E-state index contributed by atoms with van der Waals surface area (Å²) in [7, 11) is 1.81. The van der Waals surface area contributed by atoms with Crippen LogP contribution >= 0.6 is 24.0 Å². The fourth-order valence-electron chi connectivity index (χ4n) is 3.80. The van der Waals surface area contributed by atoms with Crippen LogP contribution in [-0.4, -0.2) is 67.7 Å². The average Bonchev–Trinajstić information content (AvgIpc) is 2.74. The number of carbonyl (C=O) groups is 1. The van der Waals surface area contributed by atoms with Crippen LogP contribution in [0, 0.1) is 11.3 Å². The maximum Gasteiger partial charge on any atom is 0.244 e. The summed E-state index contributed by atoms with van der Waals surface area (Å²) < 4.78 is 6.07. The Morgan fingerprint density at radius 2 is 2.10 bits per heavy atom. The molecule has 2 unspecified atom stereocenters. The van der Waals surface area contributed by atoms with E-state index in [1.54, 1.807) is 11.1 Å². The van der Waals surface area contributed by atoms with Crippen molar-refractivity contribution in [2.24, 2.45) is 16.3 Å². The van der Waals surface area contributed by atoms with Crippen molar-refractivity contribution in [3.63, 3.8) is 0 Å². The minimum absolute atomic E-state index is 0. The Morgan fingerprint density at radius 1 is 1.32 bits per heavy atom. The minimum Gasteiger partial charge on any atom is -0.377 e. The van der Waals surface area contributed by atoms with Gasteiger partial charge in [0.2, 0.25) is 5.91 Å². The summed E-state index contributed by atoms with van der Waals surface area (Å²) in [5.74, 6) is 1.11. The lowest BCUT2D eigenvalue weighted by atomic mass is 9.78. The van der Waals surface area contributed by atoms with Crippen molar-refractivity contribution in [3.05, 3.63) is 30.1 Å². The molecule has 1 aliphatic heterocycles. The molecule has 1 amide bonds. The number of amides is 1. The highest BCUT2D eigenvalue weighted by Crippen LogP contribution is 2.33. The number of aromatic nitrogens is 1. The molecular formula is C23H40IN5O2. The molecule has 1 saturated heterocycles. The van der Waals surface area contributed by atoms with Gasteiger partial charge in [-0.25, -0.2) is 4.99 Å². The Bertz CT molecular complexity index is 678. The van der Waals surface area contributed by atoms with E-state index >= 15 is 0 Å². The summed E-state index contributed by atoms with van der Waals surface area (Å²) in [5, 5.41) is 6.67. The number of nitrogens with zero attached hydrogens (tertiary/aromatic N) is 3. The molecule has 0 radical (unpaired) electrons. The molecule has 2 N–H and O–H groups in total. The van der Waals surface area contributed by atoms with Gasteiger partial charge in [0.1, 0.15) is 6.54 Å². The predicted octanol–water partition coefficient (Wildman–Crippen LogP) is 3.10. The van der Waals surface area contributed by atoms with Crippen LogP contribution in [0.4, 0.5) is 0 Å². The number of hydrogen-bond donors (Lipinski definition) is 2. The van der Waals surface area contributed by atoms with Crippen LogP contribution in [-0.2, 0) is 16.0 Å². The van der Waals surface area contributed by atoms with Crippen LogP contribution in [0.5, 0.6) is 0 Å². The smallest absolute Gasteiger partial charge is 0.244 e. The van der Waals surface area contributed by atoms with E-state index in [-0.39, 0.29) is 47.9 Å². The highest BCUT2D eigenvalue weighted by atomic mass is 127. The van der Waals surface area contributed by atoms with Crippen LogP contribution in [0.2, 0.25) is 0 Å². The predicted molar refractivity (Wildman–Crippen MR) is 137 cm³/mol. The zero-order valence-corrected chi connectivity index (χ0v) is 22.0. The maximum absolute atomic E-state index is 12.5. The first-order valence-electron chi connectivity index (χ1n) is 11.1. The molecule has 0 bridgehead atoms. The van der Waals surface area contributed by atoms with E-state index in [1.165, 1.54) is 0 Å². The van der Waals surface area contributed by atoms with E-state index in [1.807, 2.05) is 32.2 Å². The maximum atomic E-state index is 12.5. The van der Waals surface area contributed by atoms with Gasteiger partial charge < -0.3 is 20.3 Å². The molecule has 1 aromatic heterocycles. The second kappa shape index (κ2) is 13.9. The monoisotopic (exact) mass is 545 g/mol. The van der Waals surface area contributed by atoms with Crippen LogP contribution in [0.3, 0.4) is 0 Å². The summed E-state index contributed by atoms with van der Waals surface area (Å²) in [6.45, 7) is 11.8. The zero-order chi connectivity index (χ0) is 22.0. The Hall–Kier alpha value is -1.42. The lowest BCUT2D eigenvalue weighted by molar-refractivity contribution is -0.128. The molecule has 7 nitrogen and oxygen atoms in total. The molecule has 176 valence electrons. The largest absolute Gasteiger partial charge is 0.377 e. The van der Waals surface area contributed by atoms with Crippen molar-refractivity contribution >= 4 is 35.8 Å². The van der Waals surface area contributed by atoms with E-state index in [2.05, 4.69) is 41.4 Å². The Kier molecular flexibility index (Phi) is 12.4. The van der Waals surface area contributed by atoms with Crippen molar-refractivity contribution in [2.45, 2.75) is 53.1 Å². The molecule has 2 heterocycles. The van der Waals surface area contributed by atoms with E-state index in [9.17, 15) is 4.79 Å². The fraction of sp³-hybridized carbons (Fsp3) is 0.696. The standard InChI is InChI=1S/C23H39N5O2.HI/c1-6-24-22(26-16-18-10-9-15-30-21(18)23(2,3)4)27-17-20(29)28(5)14-12-19-11-7-8-13-25-19;/h7-8,11,13,18,21H,6,9-10,12,14-17H2,1-5H3,(H2,24,26,27);1H. The summed E-state index contributed by atoms with van der Waals surface area (Å²) in [6.07, 6.45) is 4.97. The van der Waals surface area contributed by atoms with Crippen LogP contribution in [0.25, 0.3) is 0 Å². The highest BCUT2D eigenvalue weighted by Gasteiger charge is 2.35. The molecule has 8 heteroatoms. The number of halogens is 1. The first-order chi connectivity index (χ1) is 14.3. The summed E-state index contributed by atoms with van der Waals surface area (Å²) in [4.78, 5) is 23.0. The van der Waals surface area contributed by atoms with E-state index in [4.69, 9.17) is 4.74 Å². The number of aliphatic imine (C=N–C) groups is 1. The second-order valence-corrected chi connectivity index (χ2v) is 9.02. The molecule has 0 aliphatic carbocycles. The molecule has 0 spiro atoms. The Labute approximate surface area is 204 Å². The first-order valence-corrected chi connectivity index (χ1v) is 11.1. The lowest BCUT2D eigenvalue weighted by Gasteiger charge is -2.40. The third-order valence-corrected chi connectivity index (χ3v) is 5.40. The number of carbonyl (C=O) groups excluding carboxylic acids is 1. The molecule has 1 fully saturated rings. The zero-order valence-electron chi connectivity index (χ0n) is 19.7. The normalized spacial score (nSPS) is 19.3. The lowest BCUT2D eigenvalue weighted by Crippen LogP contribution is -2.47. The third kappa shape index (κ3) is 9.72. The minimum atomic E-state index is -0.00305. The van der Waals surface area contributed by atoms with Gasteiger partial charge in [-0.3, -0.25) is 9.78 Å². The number of likely N-dealkylation sites (N-methyl/N-ethyl adjacent to an activating group) is 1. The second-order valence-electron chi connectivity index (χ2n) is 9.02. The van der Waals surface area contributed by atoms with E-state index < -0.39 is 0 Å². The topological polar surface area (TPSA) is 78.9 Å². The molecule has 2 rings (SSSR count). The van der Waals surface area contributed by atoms with Gasteiger partial charge in [-0.2, -0.15) is 0 Å². The number of nitrogens with one attached hydrogen (secondary N) is 2. The number of hydrogen-bond acceptors (Lipinski definition) is 4. The van der Waals surface area contributed by atoms with Gasteiger partial charge in [-0.15, -0.1) is 24.0 Å². The first kappa shape index (κ1) is 27.6. The Balaban J connectivity index is 0.00000480.